The van der Waals surface area contributed by atoms with Crippen molar-refractivity contribution in [1.82, 2.24) is 5.06 Å². The Hall–Kier alpha value is -1.30. The molecule has 0 saturated carbocycles. The molecule has 0 radical (unpaired) electrons. The van der Waals surface area contributed by atoms with Crippen LogP contribution in [-0.2, 0) is 4.84 Å². The number of nitrogens with zero attached hydrogens (tertiary/aromatic N) is 1. The van der Waals surface area contributed by atoms with Crippen molar-refractivity contribution in [2.24, 2.45) is 0 Å². The molecule has 0 bridgehead atoms. The van der Waals surface area contributed by atoms with Gasteiger partial charge in [-0.3, -0.25) is 0 Å². The molecule has 0 aliphatic rings. The van der Waals surface area contributed by atoms with Crippen molar-refractivity contribution in [1.29, 1.82) is 0 Å². The highest BCUT2D eigenvalue weighted by Gasteiger charge is 2.11. The van der Waals surface area contributed by atoms with Crippen LogP contribution in [-0.4, -0.2) is 43.1 Å². The van der Waals surface area contributed by atoms with Crippen molar-refractivity contribution in [3.05, 3.63) is 24.3 Å². The predicted molar refractivity (Wildman–Crippen MR) is 71.2 cm³/mol. The van der Waals surface area contributed by atoms with Gasteiger partial charge in [-0.2, -0.15) is 5.06 Å². The number of aliphatic hydroxyl groups excluding tert-OH is 1. The number of rotatable bonds is 8. The third kappa shape index (κ3) is 5.35. The van der Waals surface area contributed by atoms with E-state index < -0.39 is 6.10 Å². The summed E-state index contributed by atoms with van der Waals surface area (Å²) in [6, 6.07) is 7.14. The summed E-state index contributed by atoms with van der Waals surface area (Å²) in [4.78, 5) is 5.13. The highest BCUT2D eigenvalue weighted by atomic mass is 16.7. The second-order valence-electron chi connectivity index (χ2n) is 4.11. The zero-order valence-corrected chi connectivity index (χ0v) is 11.0. The van der Waals surface area contributed by atoms with E-state index in [-0.39, 0.29) is 6.61 Å². The van der Waals surface area contributed by atoms with Crippen LogP contribution in [0.5, 0.6) is 5.75 Å². The van der Waals surface area contributed by atoms with E-state index in [1.165, 1.54) is 0 Å². The first kappa shape index (κ1) is 14.8. The largest absolute Gasteiger partial charge is 0.491 e. The normalized spacial score (nSPS) is 12.7. The van der Waals surface area contributed by atoms with Crippen LogP contribution >= 0.6 is 0 Å². The van der Waals surface area contributed by atoms with Gasteiger partial charge in [0.2, 0.25) is 0 Å². The summed E-state index contributed by atoms with van der Waals surface area (Å²) in [5.41, 5.74) is 6.28. The van der Waals surface area contributed by atoms with Gasteiger partial charge in [-0.05, 0) is 18.6 Å². The number of nitrogen functional groups attached to an aromatic ring is 1. The Balaban J connectivity index is 2.34. The van der Waals surface area contributed by atoms with Gasteiger partial charge in [-0.1, -0.05) is 13.0 Å². The molecule has 0 saturated heterocycles. The van der Waals surface area contributed by atoms with Crippen LogP contribution in [0.3, 0.4) is 0 Å². The van der Waals surface area contributed by atoms with E-state index in [0.29, 0.717) is 18.0 Å². The summed E-state index contributed by atoms with van der Waals surface area (Å²) in [5.74, 6) is 0.661. The van der Waals surface area contributed by atoms with E-state index in [9.17, 15) is 5.11 Å². The van der Waals surface area contributed by atoms with Gasteiger partial charge in [0.15, 0.2) is 0 Å². The van der Waals surface area contributed by atoms with Crippen LogP contribution in [0, 0.1) is 0 Å². The number of hydroxylamine groups is 2. The molecule has 1 aromatic rings. The van der Waals surface area contributed by atoms with Crippen molar-refractivity contribution in [3.8, 4) is 5.75 Å². The fourth-order valence-electron chi connectivity index (χ4n) is 1.59. The van der Waals surface area contributed by atoms with E-state index in [2.05, 4.69) is 6.92 Å². The number of ether oxygens (including phenoxy) is 1. The summed E-state index contributed by atoms with van der Waals surface area (Å²) in [7, 11) is 1.60. The summed E-state index contributed by atoms with van der Waals surface area (Å²) in [6.07, 6.45) is 0.370. The van der Waals surface area contributed by atoms with Crippen molar-refractivity contribution < 1.29 is 14.7 Å². The molecule has 1 atom stereocenters. The zero-order valence-electron chi connectivity index (χ0n) is 11.0. The van der Waals surface area contributed by atoms with Crippen molar-refractivity contribution in [2.45, 2.75) is 19.4 Å². The average molecular weight is 254 g/mol. The molecule has 0 amide bonds. The molecule has 1 rings (SSSR count). The highest BCUT2D eigenvalue weighted by molar-refractivity contribution is 5.43. The van der Waals surface area contributed by atoms with Gasteiger partial charge in [0.05, 0.1) is 13.7 Å². The van der Waals surface area contributed by atoms with E-state index >= 15 is 0 Å². The molecule has 1 unspecified atom stereocenters. The molecule has 3 N–H and O–H groups in total. The van der Waals surface area contributed by atoms with Crippen LogP contribution in [0.15, 0.2) is 24.3 Å². The third-order valence-electron chi connectivity index (χ3n) is 2.45. The Bertz CT molecular complexity index is 347. The fourth-order valence-corrected chi connectivity index (χ4v) is 1.59. The Labute approximate surface area is 108 Å². The minimum Gasteiger partial charge on any atom is -0.491 e. The molecular weight excluding hydrogens is 232 g/mol. The minimum atomic E-state index is -0.599. The van der Waals surface area contributed by atoms with E-state index in [0.717, 1.165) is 13.0 Å². The minimum absolute atomic E-state index is 0.215. The van der Waals surface area contributed by atoms with Crippen LogP contribution in [0.25, 0.3) is 0 Å². The molecule has 18 heavy (non-hydrogen) atoms. The van der Waals surface area contributed by atoms with E-state index in [4.69, 9.17) is 15.3 Å². The predicted octanol–water partition coefficient (Wildman–Crippen LogP) is 1.28. The van der Waals surface area contributed by atoms with Crippen molar-refractivity contribution in [2.75, 3.05) is 32.5 Å². The summed E-state index contributed by atoms with van der Waals surface area (Å²) < 4.78 is 5.46. The lowest BCUT2D eigenvalue weighted by Gasteiger charge is -2.22. The molecule has 5 heteroatoms. The smallest absolute Gasteiger partial charge is 0.121 e. The topological polar surface area (TPSA) is 68.0 Å². The number of hydrogen-bond acceptors (Lipinski definition) is 5. The standard InChI is InChI=1S/C13H22N2O3/c1-3-7-15(17-2)9-12(16)10-18-13-6-4-5-11(14)8-13/h4-6,8,12,16H,3,7,9-10,14H2,1-2H3. The van der Waals surface area contributed by atoms with Gasteiger partial charge in [-0.25, -0.2) is 0 Å². The van der Waals surface area contributed by atoms with Crippen molar-refractivity contribution >= 4 is 5.69 Å². The van der Waals surface area contributed by atoms with Crippen LogP contribution < -0.4 is 10.5 Å². The molecule has 0 aromatic heterocycles. The molecule has 0 heterocycles. The first-order valence-corrected chi connectivity index (χ1v) is 6.11. The van der Waals surface area contributed by atoms with E-state index in [1.807, 2.05) is 12.1 Å². The number of nitrogens with two attached hydrogens (primary N) is 1. The monoisotopic (exact) mass is 254 g/mol. The van der Waals surface area contributed by atoms with Gasteiger partial charge in [0.1, 0.15) is 18.5 Å². The van der Waals surface area contributed by atoms with Gasteiger partial charge in [-0.15, -0.1) is 0 Å². The lowest BCUT2D eigenvalue weighted by Crippen LogP contribution is -2.35. The average Bonchev–Trinajstić information content (AvgIpc) is 2.36. The maximum atomic E-state index is 9.83. The van der Waals surface area contributed by atoms with Crippen LogP contribution in [0.1, 0.15) is 13.3 Å². The molecule has 0 aliphatic heterocycles. The van der Waals surface area contributed by atoms with Gasteiger partial charge in [0.25, 0.3) is 0 Å². The Morgan fingerprint density at radius 3 is 2.83 bits per heavy atom. The first-order valence-electron chi connectivity index (χ1n) is 6.11. The van der Waals surface area contributed by atoms with Gasteiger partial charge in [0, 0.05) is 18.3 Å². The van der Waals surface area contributed by atoms with Crippen LogP contribution in [0.2, 0.25) is 0 Å². The molecule has 0 aliphatic carbocycles. The molecule has 5 nitrogen and oxygen atoms in total. The number of benzene rings is 1. The summed E-state index contributed by atoms with van der Waals surface area (Å²) in [6.45, 7) is 3.48. The zero-order chi connectivity index (χ0) is 13.4. The first-order chi connectivity index (χ1) is 8.65. The highest BCUT2D eigenvalue weighted by Crippen LogP contribution is 2.14. The van der Waals surface area contributed by atoms with E-state index in [1.54, 1.807) is 24.3 Å². The molecule has 102 valence electrons. The molecule has 0 fully saturated rings. The number of hydrogen-bond donors (Lipinski definition) is 2. The fraction of sp³-hybridized carbons (Fsp3) is 0.538. The van der Waals surface area contributed by atoms with Crippen molar-refractivity contribution in [3.63, 3.8) is 0 Å². The maximum absolute atomic E-state index is 9.83. The van der Waals surface area contributed by atoms with Crippen LogP contribution in [0.4, 0.5) is 5.69 Å². The number of aliphatic hydroxyl groups is 1. The Morgan fingerprint density at radius 2 is 2.22 bits per heavy atom. The Kier molecular flexibility index (Phi) is 6.49. The summed E-state index contributed by atoms with van der Waals surface area (Å²) in [5, 5.41) is 11.5. The lowest BCUT2D eigenvalue weighted by atomic mass is 10.3. The Morgan fingerprint density at radius 1 is 1.44 bits per heavy atom. The third-order valence-corrected chi connectivity index (χ3v) is 2.45. The second kappa shape index (κ2) is 7.92. The quantitative estimate of drug-likeness (QED) is 0.540. The molecule has 0 spiro atoms. The molecule has 1 aromatic carbocycles. The number of anilines is 1. The maximum Gasteiger partial charge on any atom is 0.121 e. The molecular formula is C13H22N2O3. The second-order valence-corrected chi connectivity index (χ2v) is 4.11. The van der Waals surface area contributed by atoms with Gasteiger partial charge < -0.3 is 20.4 Å². The summed E-state index contributed by atoms with van der Waals surface area (Å²) >= 11 is 0. The lowest BCUT2D eigenvalue weighted by molar-refractivity contribution is -0.150. The van der Waals surface area contributed by atoms with Gasteiger partial charge >= 0.3 is 0 Å². The SMILES string of the molecule is CCCN(CC(O)COc1cccc(N)c1)OC.